The number of amides is 2. The van der Waals surface area contributed by atoms with Gasteiger partial charge in [-0.15, -0.1) is 21.5 Å². The standard InChI is InChI=1S/C20H23N5O3S2/c26-18(22-23-19(27)16-9-4-10-28-16)13-30-20-24-21-17(12-15-8-5-11-29-15)25(20)14-6-2-1-3-7-14/h4-5,8-11,14H,1-3,6-7,12-13H2,(H,22,26)(H,23,27). The predicted octanol–water partition coefficient (Wildman–Crippen LogP) is 3.58. The highest BCUT2D eigenvalue weighted by molar-refractivity contribution is 7.99. The Hall–Kier alpha value is -2.59. The molecule has 0 unspecified atom stereocenters. The van der Waals surface area contributed by atoms with Crippen molar-refractivity contribution in [3.05, 3.63) is 52.4 Å². The van der Waals surface area contributed by atoms with E-state index in [1.54, 1.807) is 17.4 Å². The van der Waals surface area contributed by atoms with Crippen LogP contribution in [0.4, 0.5) is 0 Å². The molecule has 8 nitrogen and oxygen atoms in total. The number of furan rings is 1. The summed E-state index contributed by atoms with van der Waals surface area (Å²) in [5.41, 5.74) is 4.76. The Labute approximate surface area is 182 Å². The first-order valence-electron chi connectivity index (χ1n) is 9.92. The first-order valence-corrected chi connectivity index (χ1v) is 11.8. The highest BCUT2D eigenvalue weighted by Gasteiger charge is 2.24. The smallest absolute Gasteiger partial charge is 0.305 e. The summed E-state index contributed by atoms with van der Waals surface area (Å²) in [5, 5.41) is 11.6. The number of nitrogens with zero attached hydrogens (tertiary/aromatic N) is 3. The van der Waals surface area contributed by atoms with E-state index in [-0.39, 0.29) is 17.4 Å². The number of hydrogen-bond donors (Lipinski definition) is 2. The van der Waals surface area contributed by atoms with E-state index < -0.39 is 5.91 Å². The summed E-state index contributed by atoms with van der Waals surface area (Å²) >= 11 is 3.05. The van der Waals surface area contributed by atoms with E-state index in [0.717, 1.165) is 30.2 Å². The second-order valence-corrected chi connectivity index (χ2v) is 9.06. The number of carbonyl (C=O) groups is 2. The van der Waals surface area contributed by atoms with Crippen LogP contribution in [0, 0.1) is 0 Å². The predicted molar refractivity (Wildman–Crippen MR) is 114 cm³/mol. The number of hydrazine groups is 1. The maximum absolute atomic E-state index is 12.2. The number of hydrogen-bond acceptors (Lipinski definition) is 7. The highest BCUT2D eigenvalue weighted by Crippen LogP contribution is 2.33. The minimum absolute atomic E-state index is 0.127. The first-order chi connectivity index (χ1) is 14.7. The second-order valence-electron chi connectivity index (χ2n) is 7.09. The van der Waals surface area contributed by atoms with E-state index in [0.29, 0.717) is 6.04 Å². The molecule has 0 spiro atoms. The molecule has 0 aliphatic heterocycles. The average molecular weight is 446 g/mol. The average Bonchev–Trinajstić information content (AvgIpc) is 3.53. The number of carbonyl (C=O) groups excluding carboxylic acids is 2. The minimum atomic E-state index is -0.498. The van der Waals surface area contributed by atoms with Crippen LogP contribution in [0.2, 0.25) is 0 Å². The van der Waals surface area contributed by atoms with Crippen molar-refractivity contribution in [2.75, 3.05) is 5.75 Å². The van der Waals surface area contributed by atoms with Gasteiger partial charge in [0.1, 0.15) is 5.82 Å². The molecule has 1 aliphatic carbocycles. The van der Waals surface area contributed by atoms with Crippen molar-refractivity contribution in [3.63, 3.8) is 0 Å². The van der Waals surface area contributed by atoms with Crippen LogP contribution >= 0.6 is 23.1 Å². The molecular weight excluding hydrogens is 422 g/mol. The summed E-state index contributed by atoms with van der Waals surface area (Å²) in [7, 11) is 0. The molecule has 2 amide bonds. The molecule has 1 fully saturated rings. The molecule has 0 saturated heterocycles. The molecule has 1 aliphatic rings. The monoisotopic (exact) mass is 445 g/mol. The fourth-order valence-electron chi connectivity index (χ4n) is 3.56. The Morgan fingerprint density at radius 1 is 1.17 bits per heavy atom. The lowest BCUT2D eigenvalue weighted by atomic mass is 9.95. The number of aromatic nitrogens is 3. The lowest BCUT2D eigenvalue weighted by Gasteiger charge is -2.25. The van der Waals surface area contributed by atoms with Gasteiger partial charge in [0.15, 0.2) is 10.9 Å². The zero-order chi connectivity index (χ0) is 20.8. The van der Waals surface area contributed by atoms with Crippen molar-refractivity contribution >= 4 is 34.9 Å². The van der Waals surface area contributed by atoms with E-state index >= 15 is 0 Å². The summed E-state index contributed by atoms with van der Waals surface area (Å²) in [5.74, 6) is 0.388. The van der Waals surface area contributed by atoms with E-state index in [4.69, 9.17) is 4.42 Å². The quantitative estimate of drug-likeness (QED) is 0.426. The van der Waals surface area contributed by atoms with E-state index in [2.05, 4.69) is 37.1 Å². The summed E-state index contributed by atoms with van der Waals surface area (Å²) in [6.45, 7) is 0. The molecular formula is C20H23N5O3S2. The van der Waals surface area contributed by atoms with Gasteiger partial charge in [-0.1, -0.05) is 37.1 Å². The fraction of sp³-hybridized carbons (Fsp3) is 0.400. The van der Waals surface area contributed by atoms with Crippen LogP contribution in [-0.2, 0) is 11.2 Å². The normalized spacial score (nSPS) is 14.5. The number of thiophene rings is 1. The topological polar surface area (TPSA) is 102 Å². The minimum Gasteiger partial charge on any atom is -0.459 e. The molecule has 158 valence electrons. The molecule has 0 atom stereocenters. The zero-order valence-electron chi connectivity index (χ0n) is 16.4. The van der Waals surface area contributed by atoms with Crippen molar-refractivity contribution in [2.45, 2.75) is 49.7 Å². The van der Waals surface area contributed by atoms with Crippen molar-refractivity contribution < 1.29 is 14.0 Å². The Morgan fingerprint density at radius 2 is 2.03 bits per heavy atom. The molecule has 2 N–H and O–H groups in total. The molecule has 3 aromatic heterocycles. The molecule has 4 rings (SSSR count). The molecule has 3 heterocycles. The van der Waals surface area contributed by atoms with E-state index in [1.165, 1.54) is 48.2 Å². The molecule has 30 heavy (non-hydrogen) atoms. The Bertz CT molecular complexity index is 963. The van der Waals surface area contributed by atoms with Crippen LogP contribution in [0.15, 0.2) is 45.5 Å². The van der Waals surface area contributed by atoms with Gasteiger partial charge in [0.2, 0.25) is 5.91 Å². The lowest BCUT2D eigenvalue weighted by molar-refractivity contribution is -0.119. The number of nitrogens with one attached hydrogen (secondary N) is 2. The van der Waals surface area contributed by atoms with E-state index in [1.807, 2.05) is 6.07 Å². The van der Waals surface area contributed by atoms with Gasteiger partial charge in [0.05, 0.1) is 12.0 Å². The second kappa shape index (κ2) is 9.94. The summed E-state index contributed by atoms with van der Waals surface area (Å²) in [4.78, 5) is 25.3. The molecule has 0 aromatic carbocycles. The van der Waals surface area contributed by atoms with Crippen molar-refractivity contribution in [1.82, 2.24) is 25.6 Å². The van der Waals surface area contributed by atoms with Crippen LogP contribution in [0.3, 0.4) is 0 Å². The van der Waals surface area contributed by atoms with E-state index in [9.17, 15) is 9.59 Å². The first kappa shape index (κ1) is 20.7. The highest BCUT2D eigenvalue weighted by atomic mass is 32.2. The van der Waals surface area contributed by atoms with Crippen LogP contribution in [0.25, 0.3) is 0 Å². The van der Waals surface area contributed by atoms with Crippen LogP contribution in [0.1, 0.15) is 59.4 Å². The molecule has 10 heteroatoms. The van der Waals surface area contributed by atoms with Crippen LogP contribution in [-0.4, -0.2) is 32.3 Å². The summed E-state index contributed by atoms with van der Waals surface area (Å²) < 4.78 is 7.22. The number of thioether (sulfide) groups is 1. The van der Waals surface area contributed by atoms with Gasteiger partial charge in [-0.3, -0.25) is 20.4 Å². The van der Waals surface area contributed by atoms with Gasteiger partial charge in [-0.25, -0.2) is 0 Å². The SMILES string of the molecule is O=C(CSc1nnc(Cc2cccs2)n1C1CCCCC1)NNC(=O)c1ccco1. The van der Waals surface area contributed by atoms with Crippen LogP contribution < -0.4 is 10.9 Å². The van der Waals surface area contributed by atoms with Gasteiger partial charge in [0, 0.05) is 17.3 Å². The van der Waals surface area contributed by atoms with Gasteiger partial charge >= 0.3 is 5.91 Å². The third kappa shape index (κ3) is 5.11. The third-order valence-electron chi connectivity index (χ3n) is 4.98. The Kier molecular flexibility index (Phi) is 6.85. The molecule has 3 aromatic rings. The third-order valence-corrected chi connectivity index (χ3v) is 6.80. The maximum atomic E-state index is 12.2. The van der Waals surface area contributed by atoms with Crippen molar-refractivity contribution in [1.29, 1.82) is 0 Å². The van der Waals surface area contributed by atoms with Crippen LogP contribution in [0.5, 0.6) is 0 Å². The van der Waals surface area contributed by atoms with Gasteiger partial charge in [0.25, 0.3) is 0 Å². The Morgan fingerprint density at radius 3 is 2.77 bits per heavy atom. The van der Waals surface area contributed by atoms with Crippen molar-refractivity contribution in [3.8, 4) is 0 Å². The molecule has 0 bridgehead atoms. The summed E-state index contributed by atoms with van der Waals surface area (Å²) in [6, 6.07) is 7.65. The fourth-order valence-corrected chi connectivity index (χ4v) is 5.09. The lowest BCUT2D eigenvalue weighted by Crippen LogP contribution is -2.42. The van der Waals surface area contributed by atoms with Gasteiger partial charge in [-0.2, -0.15) is 0 Å². The largest absolute Gasteiger partial charge is 0.459 e. The Balaban J connectivity index is 1.39. The molecule has 0 radical (unpaired) electrons. The summed E-state index contributed by atoms with van der Waals surface area (Å²) in [6.07, 6.45) is 8.02. The molecule has 1 saturated carbocycles. The maximum Gasteiger partial charge on any atom is 0.305 e. The van der Waals surface area contributed by atoms with Gasteiger partial charge in [-0.05, 0) is 36.4 Å². The van der Waals surface area contributed by atoms with Gasteiger partial charge < -0.3 is 8.98 Å². The van der Waals surface area contributed by atoms with Crippen molar-refractivity contribution in [2.24, 2.45) is 0 Å². The number of rotatable bonds is 7. The zero-order valence-corrected chi connectivity index (χ0v) is 18.0.